The molecule has 0 aliphatic rings. The molecule has 0 aromatic carbocycles. The van der Waals surface area contributed by atoms with Gasteiger partial charge in [-0.05, 0) is 12.8 Å². The molecule has 0 aliphatic heterocycles. The van der Waals surface area contributed by atoms with Gasteiger partial charge in [0.25, 0.3) is 5.91 Å². The quantitative estimate of drug-likeness (QED) is 0.163. The van der Waals surface area contributed by atoms with Crippen LogP contribution in [0.1, 0.15) is 110 Å². The Morgan fingerprint density at radius 3 is 1.30 bits per heavy atom. The van der Waals surface area contributed by atoms with Crippen LogP contribution in [0, 0.1) is 0 Å². The zero-order chi connectivity index (χ0) is 23.4. The number of rotatable bonds is 22. The monoisotopic (exact) mass is 511 g/mol. The van der Waals surface area contributed by atoms with Gasteiger partial charge in [-0.2, -0.15) is 0 Å². The molecule has 1 amide bonds. The third kappa shape index (κ3) is 29.9. The molecule has 0 heterocycles. The second-order valence-electron chi connectivity index (χ2n) is 11.5. The largest absolute Gasteiger partial charge is 1.00 e. The fourth-order valence-electron chi connectivity index (χ4n) is 4.14. The normalized spacial score (nSPS) is 11.6. The van der Waals surface area contributed by atoms with Crippen LogP contribution < -0.4 is 30.1 Å². The van der Waals surface area contributed by atoms with Gasteiger partial charge in [0.2, 0.25) is 0 Å². The SMILES string of the molecule is CCCCCCCCCCCCCCCCCC[N+](C)(C)CC(=O)NCC[N+](C)(C)C.[Cl-].[Cl-]. The van der Waals surface area contributed by atoms with E-state index < -0.39 is 0 Å². The molecule has 33 heavy (non-hydrogen) atoms. The minimum absolute atomic E-state index is 0. The second kappa shape index (κ2) is 23.7. The summed E-state index contributed by atoms with van der Waals surface area (Å²) in [5, 5.41) is 3.08. The third-order valence-corrected chi connectivity index (χ3v) is 6.29. The summed E-state index contributed by atoms with van der Waals surface area (Å²) in [6, 6.07) is 0. The first-order valence-electron chi connectivity index (χ1n) is 13.6. The van der Waals surface area contributed by atoms with Crippen LogP contribution in [0.15, 0.2) is 0 Å². The number of carbonyl (C=O) groups excluding carboxylic acids is 1. The molecule has 0 bridgehead atoms. The van der Waals surface area contributed by atoms with E-state index in [4.69, 9.17) is 0 Å². The molecule has 6 heteroatoms. The lowest BCUT2D eigenvalue weighted by Crippen LogP contribution is -3.00. The van der Waals surface area contributed by atoms with Gasteiger partial charge in [-0.25, -0.2) is 0 Å². The van der Waals surface area contributed by atoms with Gasteiger partial charge in [-0.15, -0.1) is 0 Å². The maximum absolute atomic E-state index is 12.2. The van der Waals surface area contributed by atoms with Crippen LogP contribution >= 0.6 is 0 Å². The van der Waals surface area contributed by atoms with E-state index in [1.54, 1.807) is 0 Å². The van der Waals surface area contributed by atoms with Crippen LogP contribution in [0.3, 0.4) is 0 Å². The first-order valence-corrected chi connectivity index (χ1v) is 13.6. The van der Waals surface area contributed by atoms with Crippen molar-refractivity contribution in [1.29, 1.82) is 0 Å². The Morgan fingerprint density at radius 1 is 0.576 bits per heavy atom. The van der Waals surface area contributed by atoms with Crippen molar-refractivity contribution in [3.8, 4) is 0 Å². The van der Waals surface area contributed by atoms with E-state index in [0.717, 1.165) is 28.6 Å². The number of hydrogen-bond acceptors (Lipinski definition) is 1. The highest BCUT2D eigenvalue weighted by molar-refractivity contribution is 5.77. The Labute approximate surface area is 220 Å². The molecule has 0 rings (SSSR count). The highest BCUT2D eigenvalue weighted by Crippen LogP contribution is 2.14. The van der Waals surface area contributed by atoms with Crippen molar-refractivity contribution in [1.82, 2.24) is 5.32 Å². The zero-order valence-electron chi connectivity index (χ0n) is 23.2. The topological polar surface area (TPSA) is 29.1 Å². The number of likely N-dealkylation sites (N-methyl/N-ethyl adjacent to an activating group) is 2. The number of unbranched alkanes of at least 4 members (excludes halogenated alkanes) is 15. The van der Waals surface area contributed by atoms with E-state index in [1.165, 1.54) is 103 Å². The molecule has 1 N–H and O–H groups in total. The van der Waals surface area contributed by atoms with Gasteiger partial charge >= 0.3 is 0 Å². The van der Waals surface area contributed by atoms with E-state index in [9.17, 15) is 4.79 Å². The van der Waals surface area contributed by atoms with Gasteiger partial charge in [-0.1, -0.05) is 96.8 Å². The Morgan fingerprint density at radius 2 is 0.939 bits per heavy atom. The van der Waals surface area contributed by atoms with Crippen molar-refractivity contribution in [3.05, 3.63) is 0 Å². The molecule has 0 unspecified atom stereocenters. The van der Waals surface area contributed by atoms with E-state index in [0.29, 0.717) is 6.54 Å². The summed E-state index contributed by atoms with van der Waals surface area (Å²) in [6.45, 7) is 5.72. The third-order valence-electron chi connectivity index (χ3n) is 6.29. The van der Waals surface area contributed by atoms with E-state index in [2.05, 4.69) is 47.5 Å². The summed E-state index contributed by atoms with van der Waals surface area (Å²) in [4.78, 5) is 12.2. The standard InChI is InChI=1S/C27H58N3O.2ClH/c1-7-8-9-10-11-12-13-14-15-16-17-18-19-20-21-22-24-30(5,6)26-27(31)28-23-25-29(2,3)4;;/h7-26H2,1-6H3;2*1H/q+1;;/p-1. The van der Waals surface area contributed by atoms with Gasteiger partial charge in [0.15, 0.2) is 6.54 Å². The summed E-state index contributed by atoms with van der Waals surface area (Å²) < 4.78 is 1.69. The van der Waals surface area contributed by atoms with Gasteiger partial charge in [0.1, 0.15) is 0 Å². The van der Waals surface area contributed by atoms with Crippen molar-refractivity contribution >= 4 is 5.91 Å². The van der Waals surface area contributed by atoms with Crippen molar-refractivity contribution in [2.45, 2.75) is 110 Å². The highest BCUT2D eigenvalue weighted by Gasteiger charge is 2.19. The van der Waals surface area contributed by atoms with Gasteiger partial charge in [0, 0.05) is 0 Å². The van der Waals surface area contributed by atoms with E-state index in [-0.39, 0.29) is 30.7 Å². The van der Waals surface area contributed by atoms with Crippen molar-refractivity contribution in [2.24, 2.45) is 0 Å². The van der Waals surface area contributed by atoms with Crippen LogP contribution in [-0.2, 0) is 4.79 Å². The molecule has 0 radical (unpaired) electrons. The highest BCUT2D eigenvalue weighted by atomic mass is 35.5. The fraction of sp³-hybridized carbons (Fsp3) is 0.963. The second-order valence-corrected chi connectivity index (χ2v) is 11.5. The number of carbonyl (C=O) groups is 1. The maximum Gasteiger partial charge on any atom is 0.275 e. The molecular formula is C27H59Cl2N3O. The van der Waals surface area contributed by atoms with Crippen molar-refractivity contribution in [2.75, 3.05) is 61.4 Å². The summed E-state index contributed by atoms with van der Waals surface area (Å²) in [7, 11) is 10.8. The number of nitrogens with one attached hydrogen (secondary N) is 1. The number of quaternary nitrogens is 2. The molecule has 0 spiro atoms. The van der Waals surface area contributed by atoms with Crippen LogP contribution in [0.25, 0.3) is 0 Å². The first kappa shape index (κ1) is 37.5. The van der Waals surface area contributed by atoms with Crippen molar-refractivity contribution in [3.63, 3.8) is 0 Å². The maximum atomic E-state index is 12.2. The number of hydrogen-bond donors (Lipinski definition) is 1. The van der Waals surface area contributed by atoms with E-state index >= 15 is 0 Å². The van der Waals surface area contributed by atoms with Crippen molar-refractivity contribution < 1.29 is 38.6 Å². The lowest BCUT2D eigenvalue weighted by molar-refractivity contribution is -0.882. The molecule has 202 valence electrons. The zero-order valence-corrected chi connectivity index (χ0v) is 24.7. The van der Waals surface area contributed by atoms with E-state index in [1.807, 2.05) is 0 Å². The molecule has 0 aromatic rings. The van der Waals surface area contributed by atoms with Crippen LogP contribution in [-0.4, -0.2) is 76.3 Å². The van der Waals surface area contributed by atoms with Crippen LogP contribution in [0.2, 0.25) is 0 Å². The fourth-order valence-corrected chi connectivity index (χ4v) is 4.14. The Kier molecular flexibility index (Phi) is 26.9. The number of nitrogens with zero attached hydrogens (tertiary/aromatic N) is 2. The summed E-state index contributed by atoms with van der Waals surface area (Å²) >= 11 is 0. The molecular weight excluding hydrogens is 453 g/mol. The average molecular weight is 513 g/mol. The molecule has 0 aliphatic carbocycles. The summed E-state index contributed by atoms with van der Waals surface area (Å²) in [6.07, 6.45) is 22.5. The summed E-state index contributed by atoms with van der Waals surface area (Å²) in [5.74, 6) is 0.190. The molecule has 0 saturated carbocycles. The Hall–Kier alpha value is -0.0300. The smallest absolute Gasteiger partial charge is 0.275 e. The minimum Gasteiger partial charge on any atom is -1.00 e. The number of halogens is 2. The molecule has 0 atom stereocenters. The molecule has 0 aromatic heterocycles. The van der Waals surface area contributed by atoms with Crippen LogP contribution in [0.4, 0.5) is 0 Å². The average Bonchev–Trinajstić information content (AvgIpc) is 2.66. The number of amides is 1. The summed E-state index contributed by atoms with van der Waals surface area (Å²) in [5.41, 5.74) is 0. The Bertz CT molecular complexity index is 426. The first-order chi connectivity index (χ1) is 14.7. The predicted molar refractivity (Wildman–Crippen MR) is 137 cm³/mol. The predicted octanol–water partition coefficient (Wildman–Crippen LogP) is 0.155. The lowest BCUT2D eigenvalue weighted by atomic mass is 10.0. The molecule has 0 fully saturated rings. The molecule has 4 nitrogen and oxygen atoms in total. The van der Waals surface area contributed by atoms with Gasteiger partial charge in [-0.3, -0.25) is 4.79 Å². The lowest BCUT2D eigenvalue weighted by Gasteiger charge is -2.29. The van der Waals surface area contributed by atoms with Gasteiger partial charge < -0.3 is 39.1 Å². The molecule has 0 saturated heterocycles. The van der Waals surface area contributed by atoms with Crippen LogP contribution in [0.5, 0.6) is 0 Å². The Balaban J connectivity index is -0.00000450. The van der Waals surface area contributed by atoms with Gasteiger partial charge in [0.05, 0.1) is 54.9 Å². The minimum atomic E-state index is 0.